The van der Waals surface area contributed by atoms with Gasteiger partial charge in [0.05, 0.1) is 5.92 Å². The quantitative estimate of drug-likeness (QED) is 0.702. The summed E-state index contributed by atoms with van der Waals surface area (Å²) in [6, 6.07) is 1.98. The molecule has 1 aromatic heterocycles. The number of nitrogens with zero attached hydrogens (tertiary/aromatic N) is 2. The lowest BCUT2D eigenvalue weighted by Crippen LogP contribution is -2.65. The first-order valence-corrected chi connectivity index (χ1v) is 7.38. The summed E-state index contributed by atoms with van der Waals surface area (Å²) < 4.78 is 0. The molecule has 2 aliphatic rings. The molecular formula is C12H16BrN5O. The molecule has 0 spiro atoms. The Morgan fingerprint density at radius 3 is 2.89 bits per heavy atom. The summed E-state index contributed by atoms with van der Waals surface area (Å²) in [6.07, 6.45) is 6.01. The van der Waals surface area contributed by atoms with Gasteiger partial charge < -0.3 is 10.6 Å². The van der Waals surface area contributed by atoms with Crippen LogP contribution in [-0.2, 0) is 4.79 Å². The number of fused-ring (bicyclic) bond motifs is 1. The Morgan fingerprint density at radius 1 is 1.32 bits per heavy atom. The van der Waals surface area contributed by atoms with Crippen molar-refractivity contribution in [3.63, 3.8) is 0 Å². The zero-order valence-corrected chi connectivity index (χ0v) is 11.9. The standard InChI is InChI=1S/C12H16BrN5O/c13-7-2-3-9-8(6-7)10(19)17-12(16-9)18-11-14-4-1-5-15-11/h1,4-5,7-9,12,16H,2-3,6H2,(H,17,19)(H,14,15,18). The molecule has 0 bridgehead atoms. The Morgan fingerprint density at radius 2 is 2.11 bits per heavy atom. The number of alkyl halides is 1. The number of carbonyl (C=O) groups excluding carboxylic acids is 1. The fourth-order valence-electron chi connectivity index (χ4n) is 2.69. The first kappa shape index (κ1) is 12.8. The predicted octanol–water partition coefficient (Wildman–Crippen LogP) is 0.824. The predicted molar refractivity (Wildman–Crippen MR) is 74.6 cm³/mol. The minimum absolute atomic E-state index is 0.0490. The van der Waals surface area contributed by atoms with Crippen LogP contribution in [0, 0.1) is 5.92 Å². The largest absolute Gasteiger partial charge is 0.323 e. The van der Waals surface area contributed by atoms with Crippen LogP contribution in [0.5, 0.6) is 0 Å². The van der Waals surface area contributed by atoms with Gasteiger partial charge in [0.1, 0.15) is 0 Å². The highest BCUT2D eigenvalue weighted by Crippen LogP contribution is 2.31. The molecule has 2 heterocycles. The molecule has 0 aromatic carbocycles. The minimum atomic E-state index is -0.303. The van der Waals surface area contributed by atoms with E-state index in [1.54, 1.807) is 18.5 Å². The van der Waals surface area contributed by atoms with Gasteiger partial charge in [-0.1, -0.05) is 15.9 Å². The fraction of sp³-hybridized carbons (Fsp3) is 0.583. The summed E-state index contributed by atoms with van der Waals surface area (Å²) in [5, 5.41) is 9.41. The van der Waals surface area contributed by atoms with Crippen LogP contribution in [0.15, 0.2) is 18.5 Å². The van der Waals surface area contributed by atoms with Gasteiger partial charge >= 0.3 is 0 Å². The van der Waals surface area contributed by atoms with E-state index in [1.165, 1.54) is 0 Å². The highest BCUT2D eigenvalue weighted by atomic mass is 79.9. The maximum Gasteiger partial charge on any atom is 0.227 e. The molecule has 0 radical (unpaired) electrons. The Balaban J connectivity index is 1.66. The minimum Gasteiger partial charge on any atom is -0.323 e. The number of carbonyl (C=O) groups is 1. The molecule has 4 unspecified atom stereocenters. The zero-order valence-electron chi connectivity index (χ0n) is 10.3. The fourth-order valence-corrected chi connectivity index (χ4v) is 3.36. The Labute approximate surface area is 119 Å². The van der Waals surface area contributed by atoms with Crippen molar-refractivity contribution in [3.8, 4) is 0 Å². The maximum atomic E-state index is 12.1. The number of amides is 1. The smallest absolute Gasteiger partial charge is 0.227 e. The van der Waals surface area contributed by atoms with Crippen molar-refractivity contribution in [2.45, 2.75) is 36.4 Å². The molecule has 7 heteroatoms. The van der Waals surface area contributed by atoms with E-state index in [9.17, 15) is 4.79 Å². The number of hydrogen-bond donors (Lipinski definition) is 3. The molecule has 3 rings (SSSR count). The third kappa shape index (κ3) is 2.87. The molecule has 1 amide bonds. The molecule has 6 nitrogen and oxygen atoms in total. The van der Waals surface area contributed by atoms with Gasteiger partial charge in [-0.05, 0) is 25.3 Å². The second-order valence-electron chi connectivity index (χ2n) is 4.95. The molecule has 19 heavy (non-hydrogen) atoms. The van der Waals surface area contributed by atoms with Gasteiger partial charge in [-0.15, -0.1) is 0 Å². The van der Waals surface area contributed by atoms with Crippen LogP contribution < -0.4 is 16.0 Å². The molecule has 1 saturated heterocycles. The summed E-state index contributed by atoms with van der Waals surface area (Å²) in [5.74, 6) is 0.655. The van der Waals surface area contributed by atoms with Crippen molar-refractivity contribution < 1.29 is 4.79 Å². The Kier molecular flexibility index (Phi) is 3.65. The molecule has 3 N–H and O–H groups in total. The average molecular weight is 326 g/mol. The molecule has 1 aliphatic heterocycles. The summed E-state index contributed by atoms with van der Waals surface area (Å²) in [4.78, 5) is 20.8. The van der Waals surface area contributed by atoms with Gasteiger partial charge in [0, 0.05) is 23.3 Å². The monoisotopic (exact) mass is 325 g/mol. The van der Waals surface area contributed by atoms with E-state index in [0.717, 1.165) is 19.3 Å². The van der Waals surface area contributed by atoms with Crippen molar-refractivity contribution in [3.05, 3.63) is 18.5 Å². The van der Waals surface area contributed by atoms with Gasteiger partial charge in [-0.25, -0.2) is 9.97 Å². The van der Waals surface area contributed by atoms with Gasteiger partial charge in [0.25, 0.3) is 0 Å². The molecule has 4 atom stereocenters. The highest BCUT2D eigenvalue weighted by Gasteiger charge is 2.39. The summed E-state index contributed by atoms with van der Waals surface area (Å²) in [7, 11) is 0. The van der Waals surface area contributed by atoms with Gasteiger partial charge in [-0.3, -0.25) is 10.1 Å². The third-order valence-electron chi connectivity index (χ3n) is 3.63. The van der Waals surface area contributed by atoms with E-state index in [4.69, 9.17) is 0 Å². The van der Waals surface area contributed by atoms with Gasteiger partial charge in [-0.2, -0.15) is 0 Å². The van der Waals surface area contributed by atoms with Crippen LogP contribution in [0.4, 0.5) is 5.95 Å². The van der Waals surface area contributed by atoms with E-state index in [1.807, 2.05) is 0 Å². The topological polar surface area (TPSA) is 78.9 Å². The number of hydrogen-bond acceptors (Lipinski definition) is 5. The highest BCUT2D eigenvalue weighted by molar-refractivity contribution is 9.09. The Hall–Kier alpha value is -1.21. The number of aromatic nitrogens is 2. The van der Waals surface area contributed by atoms with Crippen molar-refractivity contribution in [1.29, 1.82) is 0 Å². The van der Waals surface area contributed by atoms with Crippen molar-refractivity contribution in [2.75, 3.05) is 5.32 Å². The van der Waals surface area contributed by atoms with Crippen LogP contribution in [0.25, 0.3) is 0 Å². The van der Waals surface area contributed by atoms with Crippen molar-refractivity contribution in [1.82, 2.24) is 20.6 Å². The normalized spacial score (nSPS) is 34.3. The average Bonchev–Trinajstić information content (AvgIpc) is 2.41. The lowest BCUT2D eigenvalue weighted by molar-refractivity contribution is -0.130. The van der Waals surface area contributed by atoms with Crippen LogP contribution >= 0.6 is 15.9 Å². The van der Waals surface area contributed by atoms with Crippen LogP contribution in [-0.4, -0.2) is 33.0 Å². The number of halogens is 1. The van der Waals surface area contributed by atoms with E-state index >= 15 is 0 Å². The lowest BCUT2D eigenvalue weighted by Gasteiger charge is -2.41. The zero-order chi connectivity index (χ0) is 13.2. The van der Waals surface area contributed by atoms with Gasteiger partial charge in [0.15, 0.2) is 6.29 Å². The molecule has 1 aliphatic carbocycles. The van der Waals surface area contributed by atoms with Crippen molar-refractivity contribution in [2.24, 2.45) is 5.92 Å². The second kappa shape index (κ2) is 5.42. The van der Waals surface area contributed by atoms with Crippen molar-refractivity contribution >= 4 is 27.8 Å². The Bertz CT molecular complexity index is 457. The number of rotatable bonds is 2. The summed E-state index contributed by atoms with van der Waals surface area (Å²) >= 11 is 3.60. The molecule has 1 saturated carbocycles. The maximum absolute atomic E-state index is 12.1. The first-order valence-electron chi connectivity index (χ1n) is 6.46. The number of nitrogens with one attached hydrogen (secondary N) is 3. The number of anilines is 1. The third-order valence-corrected chi connectivity index (χ3v) is 4.46. The van der Waals surface area contributed by atoms with E-state index in [-0.39, 0.29) is 24.2 Å². The van der Waals surface area contributed by atoms with E-state index in [0.29, 0.717) is 10.8 Å². The molecule has 1 aromatic rings. The van der Waals surface area contributed by atoms with E-state index < -0.39 is 0 Å². The SMILES string of the molecule is O=C1NC(Nc2ncccn2)NC2CCC(Br)CC12. The molecular weight excluding hydrogens is 310 g/mol. The van der Waals surface area contributed by atoms with E-state index in [2.05, 4.69) is 41.8 Å². The molecule has 102 valence electrons. The lowest BCUT2D eigenvalue weighted by atomic mass is 9.82. The van der Waals surface area contributed by atoms with Gasteiger partial charge in [0.2, 0.25) is 11.9 Å². The second-order valence-corrected chi connectivity index (χ2v) is 6.24. The summed E-state index contributed by atoms with van der Waals surface area (Å²) in [6.45, 7) is 0. The van der Waals surface area contributed by atoms with Crippen LogP contribution in [0.3, 0.4) is 0 Å². The van der Waals surface area contributed by atoms with Crippen LogP contribution in [0.2, 0.25) is 0 Å². The first-order chi connectivity index (χ1) is 9.22. The summed E-state index contributed by atoms with van der Waals surface area (Å²) in [5.41, 5.74) is 0. The van der Waals surface area contributed by atoms with Crippen LogP contribution in [0.1, 0.15) is 19.3 Å². The molecule has 2 fully saturated rings.